The van der Waals surface area contributed by atoms with Crippen LogP contribution in [0.5, 0.6) is 0 Å². The number of nitrogens with two attached hydrogens (primary N) is 1. The van der Waals surface area contributed by atoms with Gasteiger partial charge in [0.15, 0.2) is 0 Å². The Labute approximate surface area is 73.4 Å². The SMILES string of the molecule is CC1CCc2cn(C)cc2C1N. The van der Waals surface area contributed by atoms with E-state index >= 15 is 0 Å². The minimum atomic E-state index is 0.259. The molecule has 2 unspecified atom stereocenters. The van der Waals surface area contributed by atoms with Crippen molar-refractivity contribution in [2.75, 3.05) is 0 Å². The van der Waals surface area contributed by atoms with Gasteiger partial charge in [-0.1, -0.05) is 6.92 Å². The molecule has 2 N–H and O–H groups in total. The van der Waals surface area contributed by atoms with E-state index in [2.05, 4.69) is 30.9 Å². The fourth-order valence-electron chi connectivity index (χ4n) is 2.04. The first-order valence-electron chi connectivity index (χ1n) is 4.59. The van der Waals surface area contributed by atoms with E-state index in [0.29, 0.717) is 5.92 Å². The van der Waals surface area contributed by atoms with Gasteiger partial charge in [-0.25, -0.2) is 0 Å². The van der Waals surface area contributed by atoms with Gasteiger partial charge < -0.3 is 10.3 Å². The highest BCUT2D eigenvalue weighted by Crippen LogP contribution is 2.32. The van der Waals surface area contributed by atoms with Crippen LogP contribution in [0.25, 0.3) is 0 Å². The van der Waals surface area contributed by atoms with Crippen LogP contribution in [-0.4, -0.2) is 4.57 Å². The second kappa shape index (κ2) is 2.63. The largest absolute Gasteiger partial charge is 0.357 e. The minimum Gasteiger partial charge on any atom is -0.357 e. The van der Waals surface area contributed by atoms with Crippen LogP contribution in [0.2, 0.25) is 0 Å². The van der Waals surface area contributed by atoms with Crippen LogP contribution in [0, 0.1) is 5.92 Å². The fraction of sp³-hybridized carbons (Fsp3) is 0.600. The van der Waals surface area contributed by atoms with Crippen LogP contribution in [0.4, 0.5) is 0 Å². The van der Waals surface area contributed by atoms with Gasteiger partial charge in [-0.05, 0) is 29.9 Å². The van der Waals surface area contributed by atoms with Gasteiger partial charge in [-0.15, -0.1) is 0 Å². The highest BCUT2D eigenvalue weighted by Gasteiger charge is 2.24. The van der Waals surface area contributed by atoms with E-state index in [-0.39, 0.29) is 6.04 Å². The zero-order chi connectivity index (χ0) is 8.72. The van der Waals surface area contributed by atoms with Crippen LogP contribution < -0.4 is 5.73 Å². The summed E-state index contributed by atoms with van der Waals surface area (Å²) in [5.74, 6) is 0.639. The Kier molecular flexibility index (Phi) is 1.72. The molecule has 0 saturated heterocycles. The summed E-state index contributed by atoms with van der Waals surface area (Å²) in [5, 5.41) is 0. The van der Waals surface area contributed by atoms with Gasteiger partial charge in [-0.2, -0.15) is 0 Å². The molecule has 0 aromatic carbocycles. The standard InChI is InChI=1S/C10H16N2/c1-7-3-4-8-5-12(2)6-9(8)10(7)11/h5-7,10H,3-4,11H2,1-2H3. The zero-order valence-corrected chi connectivity index (χ0v) is 7.75. The van der Waals surface area contributed by atoms with Crippen LogP contribution >= 0.6 is 0 Å². The van der Waals surface area contributed by atoms with Gasteiger partial charge in [0.1, 0.15) is 0 Å². The molecule has 0 radical (unpaired) electrons. The molecular formula is C10H16N2. The summed E-state index contributed by atoms with van der Waals surface area (Å²) in [6.45, 7) is 2.24. The predicted octanol–water partition coefficient (Wildman–Crippen LogP) is 1.61. The van der Waals surface area contributed by atoms with Crippen LogP contribution in [-0.2, 0) is 13.5 Å². The Bertz CT molecular complexity index is 288. The lowest BCUT2D eigenvalue weighted by molar-refractivity contribution is 0.413. The number of nitrogens with zero attached hydrogens (tertiary/aromatic N) is 1. The molecule has 1 aromatic heterocycles. The molecule has 0 spiro atoms. The molecule has 0 fully saturated rings. The normalized spacial score (nSPS) is 28.6. The third kappa shape index (κ3) is 1.07. The zero-order valence-electron chi connectivity index (χ0n) is 7.75. The van der Waals surface area contributed by atoms with Crippen molar-refractivity contribution in [3.8, 4) is 0 Å². The van der Waals surface area contributed by atoms with Crippen molar-refractivity contribution >= 4 is 0 Å². The number of hydrogen-bond acceptors (Lipinski definition) is 1. The lowest BCUT2D eigenvalue weighted by atomic mass is 9.84. The van der Waals surface area contributed by atoms with Gasteiger partial charge in [-0.3, -0.25) is 0 Å². The van der Waals surface area contributed by atoms with Crippen LogP contribution in [0.1, 0.15) is 30.5 Å². The number of rotatable bonds is 0. The molecule has 66 valence electrons. The van der Waals surface area contributed by atoms with E-state index in [1.54, 1.807) is 0 Å². The second-order valence-corrected chi connectivity index (χ2v) is 3.95. The molecule has 0 amide bonds. The highest BCUT2D eigenvalue weighted by molar-refractivity contribution is 5.30. The Morgan fingerprint density at radius 3 is 3.00 bits per heavy atom. The summed E-state index contributed by atoms with van der Waals surface area (Å²) in [5.41, 5.74) is 8.89. The first-order chi connectivity index (χ1) is 5.68. The fourth-order valence-corrected chi connectivity index (χ4v) is 2.04. The highest BCUT2D eigenvalue weighted by atomic mass is 14.9. The number of aryl methyl sites for hydroxylation is 2. The molecule has 2 rings (SSSR count). The van der Waals surface area contributed by atoms with Crippen molar-refractivity contribution in [1.29, 1.82) is 0 Å². The maximum atomic E-state index is 6.09. The average Bonchev–Trinajstić information content (AvgIpc) is 2.39. The second-order valence-electron chi connectivity index (χ2n) is 3.95. The predicted molar refractivity (Wildman–Crippen MR) is 49.8 cm³/mol. The maximum Gasteiger partial charge on any atom is 0.0338 e. The summed E-state index contributed by atoms with van der Waals surface area (Å²) in [7, 11) is 2.07. The molecule has 1 aliphatic rings. The van der Waals surface area contributed by atoms with Gasteiger partial charge >= 0.3 is 0 Å². The van der Waals surface area contributed by atoms with Gasteiger partial charge in [0, 0.05) is 25.5 Å². The van der Waals surface area contributed by atoms with E-state index in [0.717, 1.165) is 0 Å². The summed E-state index contributed by atoms with van der Waals surface area (Å²) in [4.78, 5) is 0. The quantitative estimate of drug-likeness (QED) is 0.620. The lowest BCUT2D eigenvalue weighted by Gasteiger charge is -2.25. The smallest absolute Gasteiger partial charge is 0.0338 e. The molecule has 12 heavy (non-hydrogen) atoms. The minimum absolute atomic E-state index is 0.259. The van der Waals surface area contributed by atoms with E-state index < -0.39 is 0 Å². The lowest BCUT2D eigenvalue weighted by Crippen LogP contribution is -2.24. The van der Waals surface area contributed by atoms with E-state index in [1.807, 2.05) is 0 Å². The molecule has 2 nitrogen and oxygen atoms in total. The van der Waals surface area contributed by atoms with Crippen molar-refractivity contribution in [3.63, 3.8) is 0 Å². The Morgan fingerprint density at radius 2 is 2.25 bits per heavy atom. The summed E-state index contributed by atoms with van der Waals surface area (Å²) < 4.78 is 2.11. The number of fused-ring (bicyclic) bond motifs is 1. The van der Waals surface area contributed by atoms with Crippen LogP contribution in [0.3, 0.4) is 0 Å². The average molecular weight is 164 g/mol. The number of hydrogen-bond donors (Lipinski definition) is 1. The van der Waals surface area contributed by atoms with E-state index in [4.69, 9.17) is 5.73 Å². The molecule has 0 aliphatic heterocycles. The van der Waals surface area contributed by atoms with E-state index in [1.165, 1.54) is 24.0 Å². The first-order valence-corrected chi connectivity index (χ1v) is 4.59. The van der Waals surface area contributed by atoms with Gasteiger partial charge in [0.05, 0.1) is 0 Å². The molecule has 2 heteroatoms. The summed E-state index contributed by atoms with van der Waals surface area (Å²) >= 11 is 0. The molecule has 2 atom stereocenters. The van der Waals surface area contributed by atoms with Gasteiger partial charge in [0.2, 0.25) is 0 Å². The third-order valence-electron chi connectivity index (χ3n) is 2.91. The molecule has 0 saturated carbocycles. The van der Waals surface area contributed by atoms with Crippen molar-refractivity contribution < 1.29 is 0 Å². The maximum absolute atomic E-state index is 6.09. The van der Waals surface area contributed by atoms with E-state index in [9.17, 15) is 0 Å². The molecule has 1 aromatic rings. The third-order valence-corrected chi connectivity index (χ3v) is 2.91. The van der Waals surface area contributed by atoms with Crippen molar-refractivity contribution in [1.82, 2.24) is 4.57 Å². The summed E-state index contributed by atoms with van der Waals surface area (Å²) in [6, 6.07) is 0.259. The Balaban J connectivity index is 2.41. The monoisotopic (exact) mass is 164 g/mol. The van der Waals surface area contributed by atoms with Gasteiger partial charge in [0.25, 0.3) is 0 Å². The molecule has 1 heterocycles. The molecule has 1 aliphatic carbocycles. The first kappa shape index (κ1) is 7.87. The number of aromatic nitrogens is 1. The van der Waals surface area contributed by atoms with Crippen LogP contribution in [0.15, 0.2) is 12.4 Å². The summed E-state index contributed by atoms with van der Waals surface area (Å²) in [6.07, 6.45) is 6.79. The Hall–Kier alpha value is -0.760. The molecular weight excluding hydrogens is 148 g/mol. The van der Waals surface area contributed by atoms with Crippen molar-refractivity contribution in [2.45, 2.75) is 25.8 Å². The Morgan fingerprint density at radius 1 is 1.50 bits per heavy atom. The van der Waals surface area contributed by atoms with Crippen molar-refractivity contribution in [3.05, 3.63) is 23.5 Å². The topological polar surface area (TPSA) is 30.9 Å². The molecule has 0 bridgehead atoms. The van der Waals surface area contributed by atoms with Crippen molar-refractivity contribution in [2.24, 2.45) is 18.7 Å².